The Balaban J connectivity index is 2.10. The molecule has 0 amide bonds. The van der Waals surface area contributed by atoms with Crippen molar-refractivity contribution in [3.05, 3.63) is 12.3 Å². The molecule has 1 aliphatic heterocycles. The molecule has 0 aromatic heterocycles. The Morgan fingerprint density at radius 3 is 2.58 bits per heavy atom. The minimum atomic E-state index is 0.448. The molecule has 0 spiro atoms. The maximum atomic E-state index is 4.12. The minimum Gasteiger partial charge on any atom is -0.388 e. The minimum absolute atomic E-state index is 0.448. The summed E-state index contributed by atoms with van der Waals surface area (Å²) in [6.45, 7) is 12.3. The van der Waals surface area contributed by atoms with Crippen molar-refractivity contribution in [3.8, 4) is 0 Å². The van der Waals surface area contributed by atoms with Crippen molar-refractivity contribution in [3.63, 3.8) is 0 Å². The zero-order valence-electron chi connectivity index (χ0n) is 8.41. The van der Waals surface area contributed by atoms with E-state index in [0.29, 0.717) is 10.8 Å². The van der Waals surface area contributed by atoms with Crippen LogP contribution in [0.4, 0.5) is 0 Å². The maximum Gasteiger partial charge on any atom is 0.0181 e. The fourth-order valence-electron chi connectivity index (χ4n) is 2.71. The SMILES string of the molecule is C=C1NCC2CC12CC(C)(C)C. The van der Waals surface area contributed by atoms with Crippen LogP contribution in [0.2, 0.25) is 0 Å². The quantitative estimate of drug-likeness (QED) is 0.629. The summed E-state index contributed by atoms with van der Waals surface area (Å²) in [6, 6.07) is 0. The third-order valence-electron chi connectivity index (χ3n) is 3.24. The van der Waals surface area contributed by atoms with Crippen LogP contribution in [0, 0.1) is 16.7 Å². The molecule has 1 N–H and O–H groups in total. The summed E-state index contributed by atoms with van der Waals surface area (Å²) in [4.78, 5) is 0. The van der Waals surface area contributed by atoms with E-state index in [4.69, 9.17) is 0 Å². The lowest BCUT2D eigenvalue weighted by molar-refractivity contribution is 0.300. The molecule has 0 bridgehead atoms. The molecular formula is C11H19N. The molecular weight excluding hydrogens is 146 g/mol. The van der Waals surface area contributed by atoms with Gasteiger partial charge in [0.2, 0.25) is 0 Å². The molecule has 12 heavy (non-hydrogen) atoms. The first-order valence-corrected chi connectivity index (χ1v) is 4.87. The van der Waals surface area contributed by atoms with Gasteiger partial charge in [0.15, 0.2) is 0 Å². The molecule has 1 heteroatoms. The predicted molar refractivity (Wildman–Crippen MR) is 51.8 cm³/mol. The van der Waals surface area contributed by atoms with Gasteiger partial charge in [0.05, 0.1) is 0 Å². The molecule has 2 fully saturated rings. The number of hydrogen-bond acceptors (Lipinski definition) is 1. The maximum absolute atomic E-state index is 4.12. The number of hydrogen-bond donors (Lipinski definition) is 1. The van der Waals surface area contributed by atoms with Gasteiger partial charge in [-0.25, -0.2) is 0 Å². The first-order valence-electron chi connectivity index (χ1n) is 4.87. The smallest absolute Gasteiger partial charge is 0.0181 e. The van der Waals surface area contributed by atoms with Crippen molar-refractivity contribution in [1.82, 2.24) is 5.32 Å². The first kappa shape index (κ1) is 8.15. The van der Waals surface area contributed by atoms with E-state index in [1.807, 2.05) is 0 Å². The van der Waals surface area contributed by atoms with E-state index < -0.39 is 0 Å². The molecule has 1 nitrogen and oxygen atoms in total. The fourth-order valence-corrected chi connectivity index (χ4v) is 2.71. The van der Waals surface area contributed by atoms with E-state index in [0.717, 1.165) is 5.92 Å². The normalized spacial score (nSPS) is 39.2. The fraction of sp³-hybridized carbons (Fsp3) is 0.818. The summed E-state index contributed by atoms with van der Waals surface area (Å²) < 4.78 is 0. The highest BCUT2D eigenvalue weighted by molar-refractivity contribution is 5.28. The molecule has 68 valence electrons. The number of piperidine rings is 1. The Morgan fingerprint density at radius 2 is 2.25 bits per heavy atom. The van der Waals surface area contributed by atoms with Crippen LogP contribution in [0.15, 0.2) is 12.3 Å². The molecule has 2 rings (SSSR count). The van der Waals surface area contributed by atoms with E-state index in [9.17, 15) is 0 Å². The van der Waals surface area contributed by atoms with Gasteiger partial charge in [0.1, 0.15) is 0 Å². The summed E-state index contributed by atoms with van der Waals surface area (Å²) in [7, 11) is 0. The molecule has 0 aromatic carbocycles. The van der Waals surface area contributed by atoms with Crippen LogP contribution in [0.25, 0.3) is 0 Å². The predicted octanol–water partition coefficient (Wildman–Crippen LogP) is 2.55. The van der Waals surface area contributed by atoms with Gasteiger partial charge in [-0.15, -0.1) is 0 Å². The van der Waals surface area contributed by atoms with Gasteiger partial charge in [-0.1, -0.05) is 27.4 Å². The molecule has 2 unspecified atom stereocenters. The van der Waals surface area contributed by atoms with Crippen molar-refractivity contribution in [2.24, 2.45) is 16.7 Å². The van der Waals surface area contributed by atoms with Gasteiger partial charge in [0, 0.05) is 17.7 Å². The molecule has 1 saturated carbocycles. The third-order valence-corrected chi connectivity index (χ3v) is 3.24. The average Bonchev–Trinajstić information content (AvgIpc) is 2.48. The summed E-state index contributed by atoms with van der Waals surface area (Å²) in [6.07, 6.45) is 2.69. The Hall–Kier alpha value is -0.460. The van der Waals surface area contributed by atoms with Crippen LogP contribution >= 0.6 is 0 Å². The van der Waals surface area contributed by atoms with Gasteiger partial charge >= 0.3 is 0 Å². The lowest BCUT2D eigenvalue weighted by Gasteiger charge is -2.25. The van der Waals surface area contributed by atoms with Crippen molar-refractivity contribution in [1.29, 1.82) is 0 Å². The summed E-state index contributed by atoms with van der Waals surface area (Å²) in [5, 5.41) is 3.39. The Labute approximate surface area is 75.2 Å². The van der Waals surface area contributed by atoms with Gasteiger partial charge in [-0.3, -0.25) is 0 Å². The van der Waals surface area contributed by atoms with E-state index in [1.165, 1.54) is 25.1 Å². The molecule has 1 saturated heterocycles. The van der Waals surface area contributed by atoms with Gasteiger partial charge in [-0.2, -0.15) is 0 Å². The first-order chi connectivity index (χ1) is 5.44. The number of fused-ring (bicyclic) bond motifs is 1. The highest BCUT2D eigenvalue weighted by Crippen LogP contribution is 2.64. The topological polar surface area (TPSA) is 12.0 Å². The van der Waals surface area contributed by atoms with Crippen molar-refractivity contribution >= 4 is 0 Å². The molecule has 1 heterocycles. The second kappa shape index (κ2) is 2.07. The van der Waals surface area contributed by atoms with Crippen LogP contribution in [0.1, 0.15) is 33.6 Å². The zero-order chi connectivity index (χ0) is 8.98. The Morgan fingerprint density at radius 1 is 1.58 bits per heavy atom. The van der Waals surface area contributed by atoms with Crippen LogP contribution in [0.5, 0.6) is 0 Å². The lowest BCUT2D eigenvalue weighted by Crippen LogP contribution is -2.18. The van der Waals surface area contributed by atoms with Gasteiger partial charge < -0.3 is 5.32 Å². The third kappa shape index (κ3) is 1.07. The van der Waals surface area contributed by atoms with Crippen molar-refractivity contribution in [2.75, 3.05) is 6.54 Å². The lowest BCUT2D eigenvalue weighted by atomic mass is 9.81. The second-order valence-corrected chi connectivity index (χ2v) is 5.65. The number of nitrogens with one attached hydrogen (secondary N) is 1. The van der Waals surface area contributed by atoms with E-state index >= 15 is 0 Å². The molecule has 2 aliphatic rings. The molecule has 0 radical (unpaired) electrons. The van der Waals surface area contributed by atoms with E-state index in [-0.39, 0.29) is 0 Å². The van der Waals surface area contributed by atoms with Crippen LogP contribution < -0.4 is 5.32 Å². The standard InChI is InChI=1S/C11H19N/c1-8-11(7-10(2,3)4)5-9(11)6-12-8/h9,12H,1,5-7H2,2-4H3. The summed E-state index contributed by atoms with van der Waals surface area (Å²) >= 11 is 0. The number of rotatable bonds is 1. The van der Waals surface area contributed by atoms with Crippen molar-refractivity contribution in [2.45, 2.75) is 33.6 Å². The van der Waals surface area contributed by atoms with Gasteiger partial charge in [-0.05, 0) is 24.2 Å². The van der Waals surface area contributed by atoms with Crippen molar-refractivity contribution < 1.29 is 0 Å². The monoisotopic (exact) mass is 165 g/mol. The second-order valence-electron chi connectivity index (χ2n) is 5.65. The Bertz CT molecular complexity index is 224. The highest BCUT2D eigenvalue weighted by atomic mass is 15.0. The van der Waals surface area contributed by atoms with Crippen LogP contribution in [-0.2, 0) is 0 Å². The van der Waals surface area contributed by atoms with E-state index in [1.54, 1.807) is 0 Å². The molecule has 1 aliphatic carbocycles. The largest absolute Gasteiger partial charge is 0.388 e. The summed E-state index contributed by atoms with van der Waals surface area (Å²) in [5.41, 5.74) is 2.25. The van der Waals surface area contributed by atoms with E-state index in [2.05, 4.69) is 32.7 Å². The zero-order valence-corrected chi connectivity index (χ0v) is 8.41. The van der Waals surface area contributed by atoms with Crippen LogP contribution in [0.3, 0.4) is 0 Å². The Kier molecular flexibility index (Phi) is 1.40. The van der Waals surface area contributed by atoms with Crippen LogP contribution in [-0.4, -0.2) is 6.54 Å². The molecule has 2 atom stereocenters. The summed E-state index contributed by atoms with van der Waals surface area (Å²) in [5.74, 6) is 0.907. The highest BCUT2D eigenvalue weighted by Gasteiger charge is 2.60. The average molecular weight is 165 g/mol. The number of allylic oxidation sites excluding steroid dienone is 1. The molecule has 0 aromatic rings. The van der Waals surface area contributed by atoms with Gasteiger partial charge in [0.25, 0.3) is 0 Å².